The second-order valence-electron chi connectivity index (χ2n) is 4.19. The van der Waals surface area contributed by atoms with E-state index >= 15 is 0 Å². The summed E-state index contributed by atoms with van der Waals surface area (Å²) in [6.07, 6.45) is 2.36. The van der Waals surface area contributed by atoms with Gasteiger partial charge in [-0.25, -0.2) is 0 Å². The zero-order chi connectivity index (χ0) is 10.3. The van der Waals surface area contributed by atoms with Gasteiger partial charge in [0.15, 0.2) is 11.5 Å². The van der Waals surface area contributed by atoms with Gasteiger partial charge in [-0.15, -0.1) is 0 Å². The van der Waals surface area contributed by atoms with Crippen molar-refractivity contribution < 1.29 is 14.3 Å². The molecule has 0 amide bonds. The number of allylic oxidation sites excluding steroid dienone is 2. The van der Waals surface area contributed by atoms with E-state index in [1.54, 1.807) is 0 Å². The number of ketones is 2. The minimum Gasteiger partial charge on any atom is -0.493 e. The first-order valence-corrected chi connectivity index (χ1v) is 4.93. The maximum Gasteiger partial charge on any atom is 0.197 e. The number of rotatable bonds is 1. The molecular weight excluding hydrogens is 180 g/mol. The summed E-state index contributed by atoms with van der Waals surface area (Å²) in [6, 6.07) is 0. The van der Waals surface area contributed by atoms with Gasteiger partial charge in [0.25, 0.3) is 0 Å². The number of fused-ring (bicyclic) bond motifs is 1. The van der Waals surface area contributed by atoms with Crippen LogP contribution in [-0.4, -0.2) is 18.7 Å². The van der Waals surface area contributed by atoms with E-state index in [9.17, 15) is 9.59 Å². The van der Waals surface area contributed by atoms with Crippen LogP contribution in [0.25, 0.3) is 0 Å². The highest BCUT2D eigenvalue weighted by atomic mass is 16.5. The molecule has 0 aromatic rings. The molecule has 2 aliphatic carbocycles. The third kappa shape index (κ3) is 1.04. The molecule has 3 nitrogen and oxygen atoms in total. The van der Waals surface area contributed by atoms with Crippen LogP contribution in [0.5, 0.6) is 0 Å². The molecule has 0 aromatic heterocycles. The maximum absolute atomic E-state index is 11.7. The van der Waals surface area contributed by atoms with Gasteiger partial charge < -0.3 is 4.74 Å². The Labute approximate surface area is 83.1 Å². The fraction of sp³-hybridized carbons (Fsp3) is 0.636. The van der Waals surface area contributed by atoms with Crippen LogP contribution < -0.4 is 0 Å². The highest BCUT2D eigenvalue weighted by molar-refractivity contribution is 6.01. The van der Waals surface area contributed by atoms with Crippen molar-refractivity contribution in [2.24, 2.45) is 5.41 Å². The highest BCUT2D eigenvalue weighted by Crippen LogP contribution is 2.48. The van der Waals surface area contributed by atoms with Crippen LogP contribution in [0.2, 0.25) is 0 Å². The van der Waals surface area contributed by atoms with Crippen LogP contribution in [0.1, 0.15) is 32.6 Å². The zero-order valence-electron chi connectivity index (χ0n) is 8.55. The Morgan fingerprint density at radius 2 is 1.93 bits per heavy atom. The fourth-order valence-electron chi connectivity index (χ4n) is 2.50. The minimum atomic E-state index is -0.404. The van der Waals surface area contributed by atoms with Gasteiger partial charge in [0, 0.05) is 12.8 Å². The lowest BCUT2D eigenvalue weighted by atomic mass is 9.74. The molecule has 0 unspecified atom stereocenters. The molecule has 0 saturated heterocycles. The molecule has 0 aromatic carbocycles. The average molecular weight is 194 g/mol. The Morgan fingerprint density at radius 1 is 1.21 bits per heavy atom. The van der Waals surface area contributed by atoms with E-state index in [0.717, 1.165) is 5.57 Å². The molecule has 2 aliphatic rings. The molecule has 14 heavy (non-hydrogen) atoms. The summed E-state index contributed by atoms with van der Waals surface area (Å²) in [5.41, 5.74) is 0.528. The molecule has 0 heterocycles. The molecule has 2 rings (SSSR count). The van der Waals surface area contributed by atoms with Gasteiger partial charge in [-0.2, -0.15) is 0 Å². The first-order chi connectivity index (χ1) is 6.59. The van der Waals surface area contributed by atoms with Crippen LogP contribution in [0, 0.1) is 5.41 Å². The predicted molar refractivity (Wildman–Crippen MR) is 50.6 cm³/mol. The van der Waals surface area contributed by atoms with Gasteiger partial charge in [0.1, 0.15) is 5.78 Å². The first kappa shape index (κ1) is 9.44. The second-order valence-corrected chi connectivity index (χ2v) is 4.19. The van der Waals surface area contributed by atoms with E-state index in [1.165, 1.54) is 7.11 Å². The van der Waals surface area contributed by atoms with Gasteiger partial charge in [0.2, 0.25) is 0 Å². The molecule has 3 heteroatoms. The van der Waals surface area contributed by atoms with Crippen molar-refractivity contribution in [1.29, 1.82) is 0 Å². The van der Waals surface area contributed by atoms with E-state index in [1.807, 2.05) is 6.92 Å². The van der Waals surface area contributed by atoms with Crippen molar-refractivity contribution in [1.82, 2.24) is 0 Å². The Balaban J connectivity index is 2.53. The largest absolute Gasteiger partial charge is 0.493 e. The summed E-state index contributed by atoms with van der Waals surface area (Å²) in [4.78, 5) is 23.2. The molecule has 1 fully saturated rings. The Kier molecular flexibility index (Phi) is 1.98. The van der Waals surface area contributed by atoms with Crippen molar-refractivity contribution in [3.8, 4) is 0 Å². The van der Waals surface area contributed by atoms with Gasteiger partial charge in [0.05, 0.1) is 12.5 Å². The van der Waals surface area contributed by atoms with Crippen LogP contribution in [0.15, 0.2) is 11.3 Å². The van der Waals surface area contributed by atoms with E-state index in [-0.39, 0.29) is 11.6 Å². The van der Waals surface area contributed by atoms with Crippen LogP contribution in [0.4, 0.5) is 0 Å². The topological polar surface area (TPSA) is 43.4 Å². The van der Waals surface area contributed by atoms with Crippen LogP contribution in [0.3, 0.4) is 0 Å². The standard InChI is InChI=1S/C11H14O3/c1-11-6-5-8(12)10(14-2)7(11)3-4-9(11)13/h3-6H2,1-2H3/t11-/m0/s1. The summed E-state index contributed by atoms with van der Waals surface area (Å²) in [6.45, 7) is 1.93. The maximum atomic E-state index is 11.7. The smallest absolute Gasteiger partial charge is 0.197 e. The number of Topliss-reactive ketones (excluding diaryl/α,β-unsaturated/α-hetero) is 2. The number of hydrogen-bond acceptors (Lipinski definition) is 3. The molecule has 1 saturated carbocycles. The van der Waals surface area contributed by atoms with Crippen LogP contribution in [-0.2, 0) is 14.3 Å². The molecule has 0 spiro atoms. The number of hydrogen-bond donors (Lipinski definition) is 0. The molecule has 0 bridgehead atoms. The van der Waals surface area contributed by atoms with Crippen LogP contribution >= 0.6 is 0 Å². The molecule has 0 aliphatic heterocycles. The lowest BCUT2D eigenvalue weighted by molar-refractivity contribution is -0.126. The molecule has 0 N–H and O–H groups in total. The number of methoxy groups -OCH3 is 1. The quantitative estimate of drug-likeness (QED) is 0.637. The number of carbonyl (C=O) groups is 2. The lowest BCUT2D eigenvalue weighted by Crippen LogP contribution is -2.31. The summed E-state index contributed by atoms with van der Waals surface area (Å²) >= 11 is 0. The van der Waals surface area contributed by atoms with E-state index < -0.39 is 5.41 Å². The van der Waals surface area contributed by atoms with E-state index in [0.29, 0.717) is 31.4 Å². The first-order valence-electron chi connectivity index (χ1n) is 4.93. The predicted octanol–water partition coefficient (Wildman–Crippen LogP) is 1.62. The highest BCUT2D eigenvalue weighted by Gasteiger charge is 2.47. The van der Waals surface area contributed by atoms with Gasteiger partial charge >= 0.3 is 0 Å². The van der Waals surface area contributed by atoms with Crippen molar-refractivity contribution in [2.75, 3.05) is 7.11 Å². The fourth-order valence-corrected chi connectivity index (χ4v) is 2.50. The monoisotopic (exact) mass is 194 g/mol. The number of ether oxygens (including phenoxy) is 1. The average Bonchev–Trinajstić information content (AvgIpc) is 2.45. The molecular formula is C11H14O3. The molecule has 0 radical (unpaired) electrons. The van der Waals surface area contributed by atoms with Crippen molar-refractivity contribution >= 4 is 11.6 Å². The molecule has 1 atom stereocenters. The minimum absolute atomic E-state index is 0.0506. The van der Waals surface area contributed by atoms with Gasteiger partial charge in [-0.3, -0.25) is 9.59 Å². The normalized spacial score (nSPS) is 32.1. The van der Waals surface area contributed by atoms with Crippen molar-refractivity contribution in [3.63, 3.8) is 0 Å². The molecule has 76 valence electrons. The Morgan fingerprint density at radius 3 is 2.57 bits per heavy atom. The Hall–Kier alpha value is -1.12. The summed E-state index contributed by atoms with van der Waals surface area (Å²) in [5, 5.41) is 0. The number of carbonyl (C=O) groups excluding carboxylic acids is 2. The third-order valence-electron chi connectivity index (χ3n) is 3.47. The SMILES string of the molecule is COC1=C2CCC(=O)[C@@]2(C)CCC1=O. The van der Waals surface area contributed by atoms with Crippen molar-refractivity contribution in [3.05, 3.63) is 11.3 Å². The second kappa shape index (κ2) is 2.94. The summed E-state index contributed by atoms with van der Waals surface area (Å²) in [5.74, 6) is 0.758. The third-order valence-corrected chi connectivity index (χ3v) is 3.47. The summed E-state index contributed by atoms with van der Waals surface area (Å²) < 4.78 is 5.11. The van der Waals surface area contributed by atoms with E-state index in [2.05, 4.69) is 0 Å². The van der Waals surface area contributed by atoms with E-state index in [4.69, 9.17) is 4.74 Å². The summed E-state index contributed by atoms with van der Waals surface area (Å²) in [7, 11) is 1.51. The Bertz CT molecular complexity index is 340. The zero-order valence-corrected chi connectivity index (χ0v) is 8.55. The van der Waals surface area contributed by atoms with Crippen molar-refractivity contribution in [2.45, 2.75) is 32.6 Å². The lowest BCUT2D eigenvalue weighted by Gasteiger charge is -2.29. The van der Waals surface area contributed by atoms with Gasteiger partial charge in [-0.1, -0.05) is 0 Å². The van der Waals surface area contributed by atoms with Gasteiger partial charge in [-0.05, 0) is 25.3 Å².